The van der Waals surface area contributed by atoms with Gasteiger partial charge in [-0.15, -0.1) is 0 Å². The van der Waals surface area contributed by atoms with Crippen LogP contribution in [0.15, 0.2) is 24.3 Å². The molecule has 0 radical (unpaired) electrons. The van der Waals surface area contributed by atoms with E-state index in [0.29, 0.717) is 19.0 Å². The quantitative estimate of drug-likeness (QED) is 0.577. The standard InChI is InChI=1S/C11H15FN2O/c1-9(13)14-6-10-2-4-11(5-3-10)7-15-8-12/h2-5H,6-8H2,1H3,(H2,13,14)/i12-1. The number of benzene rings is 1. The Hall–Kier alpha value is -1.42. The van der Waals surface area contributed by atoms with Crippen LogP contribution in [0.1, 0.15) is 18.1 Å². The van der Waals surface area contributed by atoms with E-state index in [1.807, 2.05) is 24.3 Å². The lowest BCUT2D eigenvalue weighted by Crippen LogP contribution is -2.18. The van der Waals surface area contributed by atoms with Crippen molar-refractivity contribution in [1.29, 1.82) is 5.41 Å². The van der Waals surface area contributed by atoms with Crippen molar-refractivity contribution in [3.05, 3.63) is 35.4 Å². The molecule has 1 aromatic carbocycles. The smallest absolute Gasteiger partial charge is 0.188 e. The minimum atomic E-state index is -0.754. The van der Waals surface area contributed by atoms with Gasteiger partial charge in [0, 0.05) is 6.54 Å². The Kier molecular flexibility index (Phi) is 4.77. The first-order valence-electron chi connectivity index (χ1n) is 4.73. The van der Waals surface area contributed by atoms with Crippen LogP contribution in [-0.4, -0.2) is 12.7 Å². The zero-order valence-electron chi connectivity index (χ0n) is 8.72. The van der Waals surface area contributed by atoms with E-state index in [4.69, 9.17) is 5.41 Å². The molecule has 0 aliphatic carbocycles. The zero-order valence-corrected chi connectivity index (χ0v) is 8.72. The average Bonchev–Trinajstić information content (AvgIpc) is 2.25. The summed E-state index contributed by atoms with van der Waals surface area (Å²) in [6.07, 6.45) is 0. The Labute approximate surface area is 88.8 Å². The molecule has 0 spiro atoms. The van der Waals surface area contributed by atoms with Gasteiger partial charge in [0.25, 0.3) is 0 Å². The summed E-state index contributed by atoms with van der Waals surface area (Å²) in [7, 11) is 0. The molecule has 0 atom stereocenters. The van der Waals surface area contributed by atoms with E-state index >= 15 is 0 Å². The molecule has 2 N–H and O–H groups in total. The second kappa shape index (κ2) is 6.14. The molecule has 1 aromatic rings. The summed E-state index contributed by atoms with van der Waals surface area (Å²) >= 11 is 0. The highest BCUT2D eigenvalue weighted by molar-refractivity contribution is 5.75. The van der Waals surface area contributed by atoms with Gasteiger partial charge in [0.2, 0.25) is 0 Å². The molecule has 0 unspecified atom stereocenters. The van der Waals surface area contributed by atoms with E-state index in [-0.39, 0.29) is 0 Å². The molecule has 4 heteroatoms. The Morgan fingerprint density at radius 3 is 2.47 bits per heavy atom. The van der Waals surface area contributed by atoms with Crippen LogP contribution in [0.3, 0.4) is 0 Å². The highest BCUT2D eigenvalue weighted by atomic mass is 18.2. The van der Waals surface area contributed by atoms with Crippen molar-refractivity contribution in [3.8, 4) is 0 Å². The molecule has 0 aliphatic heterocycles. The van der Waals surface area contributed by atoms with E-state index in [0.717, 1.165) is 11.1 Å². The monoisotopic (exact) mass is 209 g/mol. The molecule has 3 nitrogen and oxygen atoms in total. The summed E-state index contributed by atoms with van der Waals surface area (Å²) in [6.45, 7) is 1.88. The fraction of sp³-hybridized carbons (Fsp3) is 0.364. The van der Waals surface area contributed by atoms with Gasteiger partial charge in [-0.1, -0.05) is 24.3 Å². The fourth-order valence-electron chi connectivity index (χ4n) is 1.14. The lowest BCUT2D eigenvalue weighted by Gasteiger charge is -2.05. The van der Waals surface area contributed by atoms with Gasteiger partial charge in [-0.05, 0) is 18.1 Å². The van der Waals surface area contributed by atoms with Crippen LogP contribution in [0, 0.1) is 5.41 Å². The van der Waals surface area contributed by atoms with Gasteiger partial charge in [0.05, 0.1) is 12.4 Å². The van der Waals surface area contributed by atoms with Crippen molar-refractivity contribution < 1.29 is 9.13 Å². The SMILES string of the molecule is CC(=N)NCc1ccc(COC[18F])cc1. The Bertz CT molecular complexity index is 311. The maximum Gasteiger partial charge on any atom is 0.188 e. The van der Waals surface area contributed by atoms with Gasteiger partial charge >= 0.3 is 0 Å². The fourth-order valence-corrected chi connectivity index (χ4v) is 1.14. The molecule has 15 heavy (non-hydrogen) atoms. The molecule has 0 saturated heterocycles. The topological polar surface area (TPSA) is 45.1 Å². The molecule has 0 aliphatic rings. The molecule has 0 saturated carbocycles. The normalized spacial score (nSPS) is 10.0. The number of hydrogen-bond donors (Lipinski definition) is 2. The van der Waals surface area contributed by atoms with Crippen molar-refractivity contribution in [1.82, 2.24) is 5.32 Å². The van der Waals surface area contributed by atoms with E-state index in [1.165, 1.54) is 0 Å². The van der Waals surface area contributed by atoms with Crippen LogP contribution in [0.2, 0.25) is 0 Å². The van der Waals surface area contributed by atoms with Crippen LogP contribution in [0.5, 0.6) is 0 Å². The first kappa shape index (κ1) is 11.7. The molecule has 0 fully saturated rings. The summed E-state index contributed by atoms with van der Waals surface area (Å²) in [5.74, 6) is 0.444. The van der Waals surface area contributed by atoms with Gasteiger partial charge in [-0.25, -0.2) is 4.39 Å². The number of amidine groups is 1. The van der Waals surface area contributed by atoms with E-state index in [2.05, 4.69) is 10.1 Å². The van der Waals surface area contributed by atoms with Crippen molar-refractivity contribution >= 4 is 5.84 Å². The van der Waals surface area contributed by atoms with Crippen molar-refractivity contribution in [2.45, 2.75) is 20.1 Å². The van der Waals surface area contributed by atoms with Crippen LogP contribution >= 0.6 is 0 Å². The van der Waals surface area contributed by atoms with Crippen molar-refractivity contribution in [2.75, 3.05) is 6.86 Å². The summed E-state index contributed by atoms with van der Waals surface area (Å²) in [6, 6.07) is 7.66. The molecular weight excluding hydrogens is 194 g/mol. The number of nitrogens with one attached hydrogen (secondary N) is 2. The highest BCUT2D eigenvalue weighted by Crippen LogP contribution is 2.05. The lowest BCUT2D eigenvalue weighted by atomic mass is 10.1. The Balaban J connectivity index is 2.45. The third kappa shape index (κ3) is 4.56. The highest BCUT2D eigenvalue weighted by Gasteiger charge is 1.95. The molecule has 0 aromatic heterocycles. The van der Waals surface area contributed by atoms with Gasteiger partial charge in [0.15, 0.2) is 6.86 Å². The molecule has 0 amide bonds. The third-order valence-corrected chi connectivity index (χ3v) is 1.93. The zero-order chi connectivity index (χ0) is 11.1. The molecule has 0 heterocycles. The number of hydrogen-bond acceptors (Lipinski definition) is 2. The number of alkyl halides is 1. The van der Waals surface area contributed by atoms with Gasteiger partial charge in [0.1, 0.15) is 0 Å². The largest absolute Gasteiger partial charge is 0.370 e. The Morgan fingerprint density at radius 2 is 1.93 bits per heavy atom. The predicted octanol–water partition coefficient (Wildman–Crippen LogP) is 2.22. The van der Waals surface area contributed by atoms with E-state index in [9.17, 15) is 4.39 Å². The van der Waals surface area contributed by atoms with Gasteiger partial charge in [-0.2, -0.15) is 0 Å². The van der Waals surface area contributed by atoms with E-state index in [1.54, 1.807) is 6.92 Å². The van der Waals surface area contributed by atoms with Crippen LogP contribution < -0.4 is 5.32 Å². The summed E-state index contributed by atoms with van der Waals surface area (Å²) in [5, 5.41) is 10.1. The molecule has 82 valence electrons. The summed E-state index contributed by atoms with van der Waals surface area (Å²) < 4.78 is 16.4. The minimum absolute atomic E-state index is 0.299. The maximum absolute atomic E-state index is 11.7. The predicted molar refractivity (Wildman–Crippen MR) is 57.4 cm³/mol. The first-order chi connectivity index (χ1) is 7.22. The van der Waals surface area contributed by atoms with Gasteiger partial charge in [-0.3, -0.25) is 5.41 Å². The van der Waals surface area contributed by atoms with Crippen LogP contribution in [0.25, 0.3) is 0 Å². The first-order valence-corrected chi connectivity index (χ1v) is 4.73. The average molecular weight is 209 g/mol. The summed E-state index contributed by atoms with van der Waals surface area (Å²) in [4.78, 5) is 0. The molecule has 0 bridgehead atoms. The number of halogens is 1. The van der Waals surface area contributed by atoms with E-state index < -0.39 is 6.86 Å². The van der Waals surface area contributed by atoms with Crippen LogP contribution in [-0.2, 0) is 17.9 Å². The molecule has 1 rings (SSSR count). The number of rotatable bonds is 5. The van der Waals surface area contributed by atoms with Crippen LogP contribution in [0.4, 0.5) is 4.39 Å². The third-order valence-electron chi connectivity index (χ3n) is 1.93. The maximum atomic E-state index is 11.7. The minimum Gasteiger partial charge on any atom is -0.370 e. The van der Waals surface area contributed by atoms with Crippen molar-refractivity contribution in [3.63, 3.8) is 0 Å². The Morgan fingerprint density at radius 1 is 1.33 bits per heavy atom. The van der Waals surface area contributed by atoms with Gasteiger partial charge < -0.3 is 10.1 Å². The number of ether oxygens (including phenoxy) is 1. The molecular formula is C11H15FN2O. The lowest BCUT2D eigenvalue weighted by molar-refractivity contribution is 0.0462. The second-order valence-corrected chi connectivity index (χ2v) is 3.25. The van der Waals surface area contributed by atoms with Crippen molar-refractivity contribution in [2.24, 2.45) is 0 Å². The second-order valence-electron chi connectivity index (χ2n) is 3.25. The summed E-state index contributed by atoms with van der Waals surface area (Å²) in [5.41, 5.74) is 2.04.